The third-order valence-electron chi connectivity index (χ3n) is 4.46. The van der Waals surface area contributed by atoms with Gasteiger partial charge in [0.25, 0.3) is 10.0 Å². The van der Waals surface area contributed by atoms with Crippen LogP contribution in [0, 0.1) is 6.92 Å². The molecular formula is C21H17N3O3S2. The van der Waals surface area contributed by atoms with E-state index in [1.807, 2.05) is 31.2 Å². The van der Waals surface area contributed by atoms with Gasteiger partial charge in [0.1, 0.15) is 15.4 Å². The highest BCUT2D eigenvalue weighted by Crippen LogP contribution is 2.31. The molecule has 146 valence electrons. The van der Waals surface area contributed by atoms with Crippen molar-refractivity contribution in [1.29, 1.82) is 0 Å². The summed E-state index contributed by atoms with van der Waals surface area (Å²) in [5.74, 6) is -0.113. The van der Waals surface area contributed by atoms with Gasteiger partial charge < -0.3 is 0 Å². The van der Waals surface area contributed by atoms with Gasteiger partial charge >= 0.3 is 0 Å². The largest absolute Gasteiger partial charge is 0.295 e. The molecule has 0 bridgehead atoms. The van der Waals surface area contributed by atoms with Gasteiger partial charge in [-0.05, 0) is 61.9 Å². The number of nitrogens with zero attached hydrogens (tertiary/aromatic N) is 2. The summed E-state index contributed by atoms with van der Waals surface area (Å²) in [5, 5.41) is 0.830. The summed E-state index contributed by atoms with van der Waals surface area (Å²) in [7, 11) is -3.76. The van der Waals surface area contributed by atoms with Gasteiger partial charge in [-0.15, -0.1) is 0 Å². The molecule has 2 aromatic carbocycles. The summed E-state index contributed by atoms with van der Waals surface area (Å²) in [6.07, 6.45) is 1.73. The Balaban J connectivity index is 1.61. The van der Waals surface area contributed by atoms with Gasteiger partial charge in [-0.3, -0.25) is 9.52 Å². The van der Waals surface area contributed by atoms with Crippen molar-refractivity contribution in [1.82, 2.24) is 9.97 Å². The van der Waals surface area contributed by atoms with Crippen molar-refractivity contribution in [3.63, 3.8) is 0 Å². The number of carbonyl (C=O) groups excluding carboxylic acids is 1. The van der Waals surface area contributed by atoms with Crippen LogP contribution in [0.3, 0.4) is 0 Å². The number of nitrogens with one attached hydrogen (secondary N) is 1. The molecule has 6 nitrogen and oxygen atoms in total. The van der Waals surface area contributed by atoms with Crippen LogP contribution in [0.4, 0.5) is 5.69 Å². The van der Waals surface area contributed by atoms with Crippen molar-refractivity contribution in [2.45, 2.75) is 18.7 Å². The average Bonchev–Trinajstić information content (AvgIpc) is 3.14. The third kappa shape index (κ3) is 3.90. The van der Waals surface area contributed by atoms with E-state index in [0.29, 0.717) is 11.3 Å². The number of hydrogen-bond donors (Lipinski definition) is 1. The molecule has 4 aromatic rings. The lowest BCUT2D eigenvalue weighted by Gasteiger charge is -2.12. The Morgan fingerprint density at radius 2 is 1.83 bits per heavy atom. The molecule has 0 saturated heterocycles. The second kappa shape index (κ2) is 7.38. The summed E-state index contributed by atoms with van der Waals surface area (Å²) in [6.45, 7) is 3.28. The minimum atomic E-state index is -3.76. The van der Waals surface area contributed by atoms with E-state index in [9.17, 15) is 13.2 Å². The highest BCUT2D eigenvalue weighted by molar-refractivity contribution is 7.92. The molecule has 0 radical (unpaired) electrons. The number of fused-ring (bicyclic) bond motifs is 1. The predicted molar refractivity (Wildman–Crippen MR) is 115 cm³/mol. The van der Waals surface area contributed by atoms with Crippen molar-refractivity contribution < 1.29 is 13.2 Å². The maximum Gasteiger partial charge on any atom is 0.261 e. The Labute approximate surface area is 172 Å². The van der Waals surface area contributed by atoms with Crippen molar-refractivity contribution in [2.75, 3.05) is 4.72 Å². The second-order valence-electron chi connectivity index (χ2n) is 6.56. The molecule has 2 heterocycles. The van der Waals surface area contributed by atoms with Crippen LogP contribution in [0.5, 0.6) is 0 Å². The lowest BCUT2D eigenvalue weighted by atomic mass is 10.1. The first-order chi connectivity index (χ1) is 13.8. The van der Waals surface area contributed by atoms with Gasteiger partial charge in [-0.2, -0.15) is 0 Å². The van der Waals surface area contributed by atoms with Crippen molar-refractivity contribution in [3.05, 3.63) is 71.9 Å². The smallest absolute Gasteiger partial charge is 0.261 e. The van der Waals surface area contributed by atoms with Gasteiger partial charge in [0, 0.05) is 17.3 Å². The van der Waals surface area contributed by atoms with Crippen molar-refractivity contribution in [2.24, 2.45) is 0 Å². The molecule has 8 heteroatoms. The zero-order valence-corrected chi connectivity index (χ0v) is 17.3. The number of sulfonamides is 1. The van der Waals surface area contributed by atoms with Gasteiger partial charge in [0.05, 0.1) is 10.6 Å². The summed E-state index contributed by atoms with van der Waals surface area (Å²) in [4.78, 5) is 21.2. The van der Waals surface area contributed by atoms with Gasteiger partial charge in [-0.25, -0.2) is 18.4 Å². The van der Waals surface area contributed by atoms with Crippen LogP contribution >= 0.6 is 11.3 Å². The molecule has 0 saturated carbocycles. The van der Waals surface area contributed by atoms with E-state index < -0.39 is 10.0 Å². The Morgan fingerprint density at radius 3 is 2.48 bits per heavy atom. The number of hydrogen-bond acceptors (Lipinski definition) is 6. The number of pyridine rings is 1. The number of aromatic nitrogens is 2. The van der Waals surface area contributed by atoms with Crippen LogP contribution in [0.25, 0.3) is 20.9 Å². The Bertz CT molecular complexity index is 1290. The number of Topliss-reactive ketones (excluding diaryl/α,β-unsaturated/α-hetero) is 1. The SMILES string of the molecule is CC(=O)c1ccc(S(=O)(=O)Nc2ccc(-c3nc4cccnc4s3)cc2C)cc1. The van der Waals surface area contributed by atoms with Crippen molar-refractivity contribution >= 4 is 43.2 Å². The van der Waals surface area contributed by atoms with E-state index in [1.54, 1.807) is 12.3 Å². The van der Waals surface area contributed by atoms with Gasteiger partial charge in [0.15, 0.2) is 5.78 Å². The summed E-state index contributed by atoms with van der Waals surface area (Å²) < 4.78 is 28.0. The van der Waals surface area contributed by atoms with E-state index >= 15 is 0 Å². The molecule has 29 heavy (non-hydrogen) atoms. The Hall–Kier alpha value is -3.10. The fourth-order valence-corrected chi connectivity index (χ4v) is 4.91. The van der Waals surface area contributed by atoms with Crippen LogP contribution in [-0.2, 0) is 10.0 Å². The first kappa shape index (κ1) is 19.2. The third-order valence-corrected chi connectivity index (χ3v) is 6.86. The number of aryl methyl sites for hydroxylation is 1. The van der Waals surface area contributed by atoms with Gasteiger partial charge in [0.2, 0.25) is 0 Å². The van der Waals surface area contributed by atoms with Crippen LogP contribution in [0.15, 0.2) is 65.7 Å². The molecule has 0 aliphatic carbocycles. The molecule has 2 aromatic heterocycles. The van der Waals surface area contributed by atoms with E-state index in [2.05, 4.69) is 14.7 Å². The number of ketones is 1. The Kier molecular flexibility index (Phi) is 4.89. The maximum absolute atomic E-state index is 12.7. The molecule has 1 N–H and O–H groups in total. The number of rotatable bonds is 5. The fourth-order valence-electron chi connectivity index (χ4n) is 2.88. The topological polar surface area (TPSA) is 89.0 Å². The molecule has 0 spiro atoms. The standard InChI is InChI=1S/C21H17N3O3S2/c1-13-12-16(20-23-19-4-3-11-22-21(19)28-20)7-10-18(13)24-29(26,27)17-8-5-15(6-9-17)14(2)25/h3-12,24H,1-2H3. The Morgan fingerprint density at radius 1 is 1.07 bits per heavy atom. The zero-order valence-electron chi connectivity index (χ0n) is 15.7. The van der Waals surface area contributed by atoms with Crippen LogP contribution in [-0.4, -0.2) is 24.2 Å². The van der Waals surface area contributed by atoms with Crippen LogP contribution in [0.2, 0.25) is 0 Å². The molecule has 0 aliphatic rings. The molecule has 0 amide bonds. The van der Waals surface area contributed by atoms with Crippen molar-refractivity contribution in [3.8, 4) is 10.6 Å². The summed E-state index contributed by atoms with van der Waals surface area (Å²) in [6, 6.07) is 15.1. The maximum atomic E-state index is 12.7. The number of thiazole rings is 1. The molecule has 0 aliphatic heterocycles. The van der Waals surface area contributed by atoms with Crippen LogP contribution in [0.1, 0.15) is 22.8 Å². The minimum absolute atomic E-state index is 0.100. The molecule has 4 rings (SSSR count). The summed E-state index contributed by atoms with van der Waals surface area (Å²) in [5.41, 5.74) is 3.47. The molecule has 0 atom stereocenters. The first-order valence-corrected chi connectivity index (χ1v) is 11.1. The highest BCUT2D eigenvalue weighted by Gasteiger charge is 2.16. The molecular weight excluding hydrogens is 406 g/mol. The highest BCUT2D eigenvalue weighted by atomic mass is 32.2. The molecule has 0 unspecified atom stereocenters. The fraction of sp³-hybridized carbons (Fsp3) is 0.0952. The number of benzene rings is 2. The number of anilines is 1. The monoisotopic (exact) mass is 423 g/mol. The van der Waals surface area contributed by atoms with E-state index in [0.717, 1.165) is 26.5 Å². The zero-order chi connectivity index (χ0) is 20.6. The normalized spacial score (nSPS) is 11.5. The average molecular weight is 424 g/mol. The quantitative estimate of drug-likeness (QED) is 0.471. The number of carbonyl (C=O) groups is 1. The van der Waals surface area contributed by atoms with E-state index in [1.165, 1.54) is 42.5 Å². The first-order valence-electron chi connectivity index (χ1n) is 8.80. The second-order valence-corrected chi connectivity index (χ2v) is 9.22. The van der Waals surface area contributed by atoms with Gasteiger partial charge in [-0.1, -0.05) is 23.5 Å². The lowest BCUT2D eigenvalue weighted by Crippen LogP contribution is -2.14. The minimum Gasteiger partial charge on any atom is -0.295 e. The lowest BCUT2D eigenvalue weighted by molar-refractivity contribution is 0.101. The van der Waals surface area contributed by atoms with E-state index in [-0.39, 0.29) is 10.7 Å². The summed E-state index contributed by atoms with van der Waals surface area (Å²) >= 11 is 1.49. The molecule has 0 fully saturated rings. The van der Waals surface area contributed by atoms with Crippen LogP contribution < -0.4 is 4.72 Å². The predicted octanol–water partition coefficient (Wildman–Crippen LogP) is 4.67. The van der Waals surface area contributed by atoms with E-state index in [4.69, 9.17) is 0 Å².